The number of carboxylic acids is 1. The van der Waals surface area contributed by atoms with E-state index >= 15 is 0 Å². The van der Waals surface area contributed by atoms with Gasteiger partial charge in [0.25, 0.3) is 0 Å². The summed E-state index contributed by atoms with van der Waals surface area (Å²) < 4.78 is 0. The smallest absolute Gasteiger partial charge is 0.309 e. The molecule has 0 unspecified atom stereocenters. The molecule has 0 saturated carbocycles. The zero-order valence-corrected chi connectivity index (χ0v) is 12.2. The summed E-state index contributed by atoms with van der Waals surface area (Å²) in [4.78, 5) is 30.0. The van der Waals surface area contributed by atoms with E-state index in [4.69, 9.17) is 5.11 Å². The van der Waals surface area contributed by atoms with Crippen LogP contribution in [0.15, 0.2) is 29.4 Å². The molecule has 20 heavy (non-hydrogen) atoms. The lowest BCUT2D eigenvalue weighted by molar-refractivity contribution is -0.152. The van der Waals surface area contributed by atoms with Crippen LogP contribution in [-0.2, 0) is 9.59 Å². The molecule has 1 aliphatic rings. The van der Waals surface area contributed by atoms with E-state index in [0.717, 1.165) is 4.90 Å². The van der Waals surface area contributed by atoms with Crippen LogP contribution < -0.4 is 0 Å². The van der Waals surface area contributed by atoms with E-state index < -0.39 is 11.4 Å². The Morgan fingerprint density at radius 2 is 1.95 bits per heavy atom. The van der Waals surface area contributed by atoms with Gasteiger partial charge in [0.05, 0.1) is 11.2 Å². The third-order valence-electron chi connectivity index (χ3n) is 3.75. The predicted molar refractivity (Wildman–Crippen MR) is 76.5 cm³/mol. The molecule has 6 heteroatoms. The van der Waals surface area contributed by atoms with Gasteiger partial charge in [0, 0.05) is 30.4 Å². The van der Waals surface area contributed by atoms with Crippen LogP contribution in [0.5, 0.6) is 0 Å². The number of aliphatic carboxylic acids is 1. The van der Waals surface area contributed by atoms with E-state index in [1.807, 2.05) is 12.1 Å². The first-order chi connectivity index (χ1) is 9.51. The summed E-state index contributed by atoms with van der Waals surface area (Å²) in [6.07, 6.45) is 4.44. The molecule has 1 aliphatic heterocycles. The molecule has 1 N–H and O–H groups in total. The summed E-state index contributed by atoms with van der Waals surface area (Å²) in [5.41, 5.74) is -0.685. The van der Waals surface area contributed by atoms with Gasteiger partial charge in [-0.3, -0.25) is 14.6 Å². The Kier molecular flexibility index (Phi) is 4.65. The number of pyridine rings is 1. The van der Waals surface area contributed by atoms with Crippen LogP contribution in [0, 0.1) is 5.41 Å². The molecule has 1 fully saturated rings. The number of piperidine rings is 1. The van der Waals surface area contributed by atoms with E-state index in [-0.39, 0.29) is 5.91 Å². The number of carbonyl (C=O) groups excluding carboxylic acids is 1. The maximum atomic E-state index is 12.1. The highest BCUT2D eigenvalue weighted by molar-refractivity contribution is 8.00. The van der Waals surface area contributed by atoms with Crippen LogP contribution in [0.4, 0.5) is 0 Å². The van der Waals surface area contributed by atoms with Gasteiger partial charge < -0.3 is 10.0 Å². The predicted octanol–water partition coefficient (Wildman–Crippen LogP) is 1.89. The highest BCUT2D eigenvalue weighted by Gasteiger charge is 2.37. The minimum absolute atomic E-state index is 0.0688. The van der Waals surface area contributed by atoms with E-state index in [0.29, 0.717) is 31.7 Å². The van der Waals surface area contributed by atoms with Gasteiger partial charge in [-0.1, -0.05) is 0 Å². The number of nitrogens with zero attached hydrogens (tertiary/aromatic N) is 2. The van der Waals surface area contributed by atoms with Crippen molar-refractivity contribution in [2.24, 2.45) is 5.41 Å². The maximum Gasteiger partial charge on any atom is 0.309 e. The van der Waals surface area contributed by atoms with Gasteiger partial charge >= 0.3 is 5.97 Å². The van der Waals surface area contributed by atoms with Crippen molar-refractivity contribution in [3.63, 3.8) is 0 Å². The monoisotopic (exact) mass is 294 g/mol. The number of hydrogen-bond acceptors (Lipinski definition) is 4. The second-order valence-corrected chi connectivity index (χ2v) is 6.27. The number of rotatable bonds is 4. The number of hydrogen-bond donors (Lipinski definition) is 1. The lowest BCUT2D eigenvalue weighted by Gasteiger charge is -2.36. The Morgan fingerprint density at radius 3 is 2.50 bits per heavy atom. The quantitative estimate of drug-likeness (QED) is 0.859. The van der Waals surface area contributed by atoms with Crippen LogP contribution >= 0.6 is 11.8 Å². The van der Waals surface area contributed by atoms with Gasteiger partial charge in [-0.2, -0.15) is 0 Å². The molecule has 1 aromatic heterocycles. The third kappa shape index (κ3) is 3.50. The molecule has 1 aromatic rings. The minimum Gasteiger partial charge on any atom is -0.481 e. The van der Waals surface area contributed by atoms with Crippen molar-refractivity contribution >= 4 is 23.6 Å². The van der Waals surface area contributed by atoms with Crippen LogP contribution in [0.2, 0.25) is 0 Å². The Balaban J connectivity index is 1.82. The Morgan fingerprint density at radius 1 is 1.35 bits per heavy atom. The van der Waals surface area contributed by atoms with Gasteiger partial charge in [0.15, 0.2) is 0 Å². The van der Waals surface area contributed by atoms with Crippen molar-refractivity contribution < 1.29 is 14.7 Å². The van der Waals surface area contributed by atoms with E-state index in [1.165, 1.54) is 11.8 Å². The van der Waals surface area contributed by atoms with Crippen LogP contribution in [0.3, 0.4) is 0 Å². The first-order valence-electron chi connectivity index (χ1n) is 6.55. The lowest BCUT2D eigenvalue weighted by Crippen LogP contribution is -2.45. The van der Waals surface area contributed by atoms with Crippen LogP contribution in [-0.4, -0.2) is 45.7 Å². The number of thioether (sulfide) groups is 1. The lowest BCUT2D eigenvalue weighted by atomic mass is 9.80. The van der Waals surface area contributed by atoms with Crippen molar-refractivity contribution in [1.29, 1.82) is 0 Å². The molecule has 0 bridgehead atoms. The summed E-state index contributed by atoms with van der Waals surface area (Å²) in [5, 5.41) is 9.16. The van der Waals surface area contributed by atoms with Gasteiger partial charge in [0.1, 0.15) is 0 Å². The first kappa shape index (κ1) is 14.8. The van der Waals surface area contributed by atoms with Crippen molar-refractivity contribution in [1.82, 2.24) is 9.88 Å². The summed E-state index contributed by atoms with van der Waals surface area (Å²) in [6, 6.07) is 3.74. The number of carboxylic acid groups (broad SMARTS) is 1. The normalized spacial score (nSPS) is 17.8. The molecule has 0 spiro atoms. The number of aromatic nitrogens is 1. The Labute approximate surface area is 122 Å². The fourth-order valence-electron chi connectivity index (χ4n) is 2.13. The van der Waals surface area contributed by atoms with Crippen LogP contribution in [0.25, 0.3) is 0 Å². The molecular formula is C14H18N2O3S. The number of amides is 1. The van der Waals surface area contributed by atoms with Crippen molar-refractivity contribution in [3.05, 3.63) is 24.5 Å². The molecule has 0 aromatic carbocycles. The SMILES string of the molecule is CC1(C(=O)O)CCN(C(=O)CSc2ccncc2)CC1. The molecule has 2 rings (SSSR count). The number of likely N-dealkylation sites (tertiary alicyclic amines) is 1. The van der Waals surface area contributed by atoms with Gasteiger partial charge in [0.2, 0.25) is 5.91 Å². The van der Waals surface area contributed by atoms with Gasteiger partial charge in [-0.15, -0.1) is 11.8 Å². The van der Waals surface area contributed by atoms with Crippen LogP contribution in [0.1, 0.15) is 19.8 Å². The highest BCUT2D eigenvalue weighted by Crippen LogP contribution is 2.31. The summed E-state index contributed by atoms with van der Waals surface area (Å²) >= 11 is 1.48. The summed E-state index contributed by atoms with van der Waals surface area (Å²) in [6.45, 7) is 2.81. The highest BCUT2D eigenvalue weighted by atomic mass is 32.2. The molecule has 0 aliphatic carbocycles. The molecule has 1 saturated heterocycles. The molecule has 0 atom stereocenters. The summed E-state index contributed by atoms with van der Waals surface area (Å²) in [7, 11) is 0. The van der Waals surface area contributed by atoms with Gasteiger partial charge in [-0.05, 0) is 31.9 Å². The molecule has 2 heterocycles. The second-order valence-electron chi connectivity index (χ2n) is 5.22. The topological polar surface area (TPSA) is 70.5 Å². The average Bonchev–Trinajstić information content (AvgIpc) is 2.46. The van der Waals surface area contributed by atoms with Crippen molar-refractivity contribution in [3.8, 4) is 0 Å². The standard InChI is InChI=1S/C14H18N2O3S/c1-14(13(18)19)4-8-16(9-5-14)12(17)10-20-11-2-6-15-7-3-11/h2-3,6-7H,4-5,8-10H2,1H3,(H,18,19). The van der Waals surface area contributed by atoms with Crippen molar-refractivity contribution in [2.75, 3.05) is 18.8 Å². The molecular weight excluding hydrogens is 276 g/mol. The minimum atomic E-state index is -0.768. The molecule has 108 valence electrons. The Bertz CT molecular complexity index is 484. The van der Waals surface area contributed by atoms with Gasteiger partial charge in [-0.25, -0.2) is 0 Å². The fraction of sp³-hybridized carbons (Fsp3) is 0.500. The van der Waals surface area contributed by atoms with E-state index in [2.05, 4.69) is 4.98 Å². The molecule has 5 nitrogen and oxygen atoms in total. The van der Waals surface area contributed by atoms with E-state index in [9.17, 15) is 9.59 Å². The van der Waals surface area contributed by atoms with E-state index in [1.54, 1.807) is 24.2 Å². The fourth-order valence-corrected chi connectivity index (χ4v) is 2.92. The zero-order valence-electron chi connectivity index (χ0n) is 11.4. The average molecular weight is 294 g/mol. The van der Waals surface area contributed by atoms with Crippen molar-refractivity contribution in [2.45, 2.75) is 24.7 Å². The molecule has 1 amide bonds. The first-order valence-corrected chi connectivity index (χ1v) is 7.54. The maximum absolute atomic E-state index is 12.1. The second kappa shape index (κ2) is 6.26. The molecule has 0 radical (unpaired) electrons. The summed E-state index contributed by atoms with van der Waals surface area (Å²) in [5.74, 6) is -0.316. The zero-order chi connectivity index (χ0) is 14.6. The number of carbonyl (C=O) groups is 2. The largest absolute Gasteiger partial charge is 0.481 e. The Hall–Kier alpha value is -1.56. The third-order valence-corrected chi connectivity index (χ3v) is 4.74.